The number of H-pyrrole nitrogens is 1. The molecule has 0 spiro atoms. The number of nitrogens with one attached hydrogen (secondary N) is 2. The molecule has 1 aromatic heterocycles. The Bertz CT molecular complexity index is 1130. The number of halogens is 3. The van der Waals surface area contributed by atoms with E-state index in [2.05, 4.69) is 10.3 Å². The number of rotatable bonds is 5. The van der Waals surface area contributed by atoms with E-state index in [4.69, 9.17) is 4.74 Å². The minimum absolute atomic E-state index is 0.00244. The molecule has 168 valence electrons. The zero-order chi connectivity index (χ0) is 22.2. The summed E-state index contributed by atoms with van der Waals surface area (Å²) < 4.78 is 47.3. The number of benzene rings is 2. The van der Waals surface area contributed by atoms with Gasteiger partial charge in [0.1, 0.15) is 17.5 Å². The number of ether oxygens (including phenoxy) is 1. The SMILES string of the molecule is O=C(CN1CCCOC1)NC1CC(c2c(-c3ccc(F)cc3)[nH]c3c(F)cc(F)cc23)C1. The van der Waals surface area contributed by atoms with Crippen molar-refractivity contribution in [1.82, 2.24) is 15.2 Å². The van der Waals surface area contributed by atoms with Gasteiger partial charge in [-0.3, -0.25) is 9.69 Å². The number of carbonyl (C=O) groups is 1. The molecule has 0 unspecified atom stereocenters. The highest BCUT2D eigenvalue weighted by Gasteiger charge is 2.35. The average Bonchev–Trinajstić information content (AvgIpc) is 3.11. The van der Waals surface area contributed by atoms with Crippen LogP contribution >= 0.6 is 0 Å². The number of hydrogen-bond acceptors (Lipinski definition) is 3. The summed E-state index contributed by atoms with van der Waals surface area (Å²) in [6.07, 6.45) is 2.25. The van der Waals surface area contributed by atoms with Gasteiger partial charge in [-0.05, 0) is 66.6 Å². The molecule has 1 saturated carbocycles. The fraction of sp³-hybridized carbons (Fsp3) is 0.375. The summed E-state index contributed by atoms with van der Waals surface area (Å²) in [5, 5.41) is 3.54. The predicted octanol–water partition coefficient (Wildman–Crippen LogP) is 4.29. The number of amides is 1. The van der Waals surface area contributed by atoms with Crippen LogP contribution in [-0.2, 0) is 9.53 Å². The van der Waals surface area contributed by atoms with E-state index in [1.165, 1.54) is 18.2 Å². The Morgan fingerprint density at radius 2 is 1.91 bits per heavy atom. The average molecular weight is 443 g/mol. The fourth-order valence-corrected chi connectivity index (χ4v) is 4.73. The van der Waals surface area contributed by atoms with Crippen LogP contribution in [0.1, 0.15) is 30.7 Å². The summed E-state index contributed by atoms with van der Waals surface area (Å²) in [6.45, 7) is 2.33. The second-order valence-corrected chi connectivity index (χ2v) is 8.61. The summed E-state index contributed by atoms with van der Waals surface area (Å²) in [6, 6.07) is 8.12. The minimum Gasteiger partial charge on any atom is -0.366 e. The topological polar surface area (TPSA) is 57.4 Å². The van der Waals surface area contributed by atoms with Gasteiger partial charge in [0.2, 0.25) is 5.91 Å². The second kappa shape index (κ2) is 8.60. The van der Waals surface area contributed by atoms with Gasteiger partial charge in [0.15, 0.2) is 0 Å². The molecular weight excluding hydrogens is 419 g/mol. The molecule has 32 heavy (non-hydrogen) atoms. The van der Waals surface area contributed by atoms with Gasteiger partial charge in [-0.15, -0.1) is 0 Å². The normalized spacial score (nSPS) is 21.5. The van der Waals surface area contributed by atoms with Crippen molar-refractivity contribution in [3.63, 3.8) is 0 Å². The quantitative estimate of drug-likeness (QED) is 0.619. The predicted molar refractivity (Wildman–Crippen MR) is 115 cm³/mol. The highest BCUT2D eigenvalue weighted by atomic mass is 19.1. The van der Waals surface area contributed by atoms with Crippen LogP contribution in [0.15, 0.2) is 36.4 Å². The van der Waals surface area contributed by atoms with Gasteiger partial charge < -0.3 is 15.0 Å². The van der Waals surface area contributed by atoms with Gasteiger partial charge in [0.25, 0.3) is 0 Å². The standard InChI is InChI=1S/C24H24F3N3O2/c25-16-4-2-14(3-5-16)23-22(19-10-17(26)11-20(27)24(19)29-23)15-8-18(9-15)28-21(31)12-30-6-1-7-32-13-30/h2-5,10-11,15,18,29H,1,6-9,12-13H2,(H,28,31). The van der Waals surface area contributed by atoms with Crippen LogP contribution in [0.2, 0.25) is 0 Å². The summed E-state index contributed by atoms with van der Waals surface area (Å²) in [5.41, 5.74) is 2.40. The molecule has 2 N–H and O–H groups in total. The van der Waals surface area contributed by atoms with E-state index in [1.54, 1.807) is 12.1 Å². The Labute approximate surface area is 183 Å². The van der Waals surface area contributed by atoms with Crippen molar-refractivity contribution in [2.75, 3.05) is 26.4 Å². The molecule has 5 rings (SSSR count). The van der Waals surface area contributed by atoms with E-state index in [0.29, 0.717) is 42.8 Å². The van der Waals surface area contributed by atoms with E-state index in [1.807, 2.05) is 4.90 Å². The third-order valence-electron chi connectivity index (χ3n) is 6.31. The number of fused-ring (bicyclic) bond motifs is 1. The molecule has 1 aliphatic carbocycles. The van der Waals surface area contributed by atoms with Crippen LogP contribution in [0.5, 0.6) is 0 Å². The van der Waals surface area contributed by atoms with E-state index in [-0.39, 0.29) is 29.2 Å². The third kappa shape index (κ3) is 4.12. The summed E-state index contributed by atoms with van der Waals surface area (Å²) in [4.78, 5) is 17.4. The van der Waals surface area contributed by atoms with Crippen molar-refractivity contribution < 1.29 is 22.7 Å². The monoisotopic (exact) mass is 443 g/mol. The molecule has 3 aromatic rings. The maximum atomic E-state index is 14.5. The fourth-order valence-electron chi connectivity index (χ4n) is 4.73. The van der Waals surface area contributed by atoms with Crippen molar-refractivity contribution in [1.29, 1.82) is 0 Å². The lowest BCUT2D eigenvalue weighted by Crippen LogP contribution is -2.48. The van der Waals surface area contributed by atoms with Gasteiger partial charge in [0, 0.05) is 30.6 Å². The lowest BCUT2D eigenvalue weighted by Gasteiger charge is -2.37. The highest BCUT2D eigenvalue weighted by Crippen LogP contribution is 2.45. The molecule has 2 aliphatic rings. The molecule has 2 aromatic carbocycles. The maximum Gasteiger partial charge on any atom is 0.234 e. The van der Waals surface area contributed by atoms with Crippen LogP contribution in [0.25, 0.3) is 22.2 Å². The smallest absolute Gasteiger partial charge is 0.234 e. The number of hydrogen-bond donors (Lipinski definition) is 2. The maximum absolute atomic E-state index is 14.5. The first-order valence-corrected chi connectivity index (χ1v) is 10.8. The van der Waals surface area contributed by atoms with Crippen LogP contribution in [0, 0.1) is 17.5 Å². The number of carbonyl (C=O) groups excluding carboxylic acids is 1. The van der Waals surface area contributed by atoms with Gasteiger partial charge in [0.05, 0.1) is 24.5 Å². The number of aromatic amines is 1. The molecule has 0 atom stereocenters. The van der Waals surface area contributed by atoms with Crippen molar-refractivity contribution in [3.05, 3.63) is 59.4 Å². The lowest BCUT2D eigenvalue weighted by atomic mass is 9.74. The van der Waals surface area contributed by atoms with Gasteiger partial charge in [-0.2, -0.15) is 0 Å². The van der Waals surface area contributed by atoms with Crippen molar-refractivity contribution >= 4 is 16.8 Å². The zero-order valence-electron chi connectivity index (χ0n) is 17.5. The highest BCUT2D eigenvalue weighted by molar-refractivity contribution is 5.92. The van der Waals surface area contributed by atoms with Crippen LogP contribution < -0.4 is 5.32 Å². The Morgan fingerprint density at radius 1 is 1.12 bits per heavy atom. The first kappa shape index (κ1) is 21.0. The summed E-state index contributed by atoms with van der Waals surface area (Å²) in [7, 11) is 0. The Balaban J connectivity index is 1.36. The molecule has 0 bridgehead atoms. The summed E-state index contributed by atoms with van der Waals surface area (Å²) >= 11 is 0. The first-order chi connectivity index (χ1) is 15.5. The van der Waals surface area contributed by atoms with E-state index in [9.17, 15) is 18.0 Å². The van der Waals surface area contributed by atoms with E-state index >= 15 is 0 Å². The van der Waals surface area contributed by atoms with Crippen molar-refractivity contribution in [2.45, 2.75) is 31.2 Å². The Kier molecular flexibility index (Phi) is 5.65. The van der Waals surface area contributed by atoms with Crippen LogP contribution in [0.3, 0.4) is 0 Å². The zero-order valence-corrected chi connectivity index (χ0v) is 17.5. The molecule has 0 radical (unpaired) electrons. The number of aromatic nitrogens is 1. The van der Waals surface area contributed by atoms with Crippen molar-refractivity contribution in [3.8, 4) is 11.3 Å². The van der Waals surface area contributed by atoms with Gasteiger partial charge in [-0.25, -0.2) is 13.2 Å². The largest absolute Gasteiger partial charge is 0.366 e. The van der Waals surface area contributed by atoms with Crippen LogP contribution in [0.4, 0.5) is 13.2 Å². The molecule has 5 nitrogen and oxygen atoms in total. The molecule has 8 heteroatoms. The van der Waals surface area contributed by atoms with E-state index < -0.39 is 11.6 Å². The molecule has 2 heterocycles. The molecular formula is C24H24F3N3O2. The Morgan fingerprint density at radius 3 is 2.62 bits per heavy atom. The molecule has 2 fully saturated rings. The Hall–Kier alpha value is -2.84. The van der Waals surface area contributed by atoms with Gasteiger partial charge >= 0.3 is 0 Å². The molecule has 1 aliphatic heterocycles. The minimum atomic E-state index is -0.664. The van der Waals surface area contributed by atoms with E-state index in [0.717, 1.165) is 31.2 Å². The van der Waals surface area contributed by atoms with Gasteiger partial charge in [-0.1, -0.05) is 0 Å². The van der Waals surface area contributed by atoms with Crippen LogP contribution in [-0.4, -0.2) is 48.3 Å². The molecule has 1 saturated heterocycles. The van der Waals surface area contributed by atoms with Crippen molar-refractivity contribution in [2.24, 2.45) is 0 Å². The first-order valence-electron chi connectivity index (χ1n) is 10.8. The molecule has 1 amide bonds. The summed E-state index contributed by atoms with van der Waals surface area (Å²) in [5.74, 6) is -1.70. The third-order valence-corrected chi connectivity index (χ3v) is 6.31. The second-order valence-electron chi connectivity index (χ2n) is 8.61. The lowest BCUT2D eigenvalue weighted by molar-refractivity contribution is -0.126. The number of nitrogens with zero attached hydrogens (tertiary/aromatic N) is 1.